The first-order chi connectivity index (χ1) is 22.6. The Labute approximate surface area is 276 Å². The maximum atomic E-state index is 10.3. The molecule has 0 aliphatic carbocycles. The Morgan fingerprint density at radius 2 is 1.93 bits per heavy atom. The van der Waals surface area contributed by atoms with Gasteiger partial charge in [-0.2, -0.15) is 5.26 Å². The minimum absolute atomic E-state index is 0.362. The quantitative estimate of drug-likeness (QED) is 0.0336. The lowest BCUT2D eigenvalue weighted by Gasteiger charge is -2.17. The third kappa shape index (κ3) is 9.60. The molecule has 0 saturated heterocycles. The lowest BCUT2D eigenvalue weighted by molar-refractivity contribution is 0.174. The van der Waals surface area contributed by atoms with Gasteiger partial charge in [-0.25, -0.2) is 9.98 Å². The summed E-state index contributed by atoms with van der Waals surface area (Å²) >= 11 is 1.72. The molecule has 0 fully saturated rings. The van der Waals surface area contributed by atoms with E-state index in [9.17, 15) is 10.4 Å². The number of unbranched alkanes of at least 4 members (excludes halogenated alkanes) is 5. The van der Waals surface area contributed by atoms with Crippen molar-refractivity contribution in [1.29, 1.82) is 5.26 Å². The van der Waals surface area contributed by atoms with Crippen LogP contribution in [0.2, 0.25) is 0 Å². The predicted octanol–water partition coefficient (Wildman–Crippen LogP) is 7.17. The number of pyridine rings is 1. The minimum atomic E-state index is -0.586. The molecule has 4 aromatic rings. The molecule has 9 nitrogen and oxygen atoms in total. The van der Waals surface area contributed by atoms with Gasteiger partial charge in [0, 0.05) is 47.8 Å². The number of rotatable bonds is 16. The lowest BCUT2D eigenvalue weighted by atomic mass is 10.1. The fourth-order valence-corrected chi connectivity index (χ4v) is 6.48. The topological polar surface area (TPSA) is 121 Å². The van der Waals surface area contributed by atoms with Crippen molar-refractivity contribution in [3.05, 3.63) is 94.8 Å². The van der Waals surface area contributed by atoms with E-state index in [1.807, 2.05) is 48.7 Å². The number of aliphatic hydroxyl groups is 1. The Morgan fingerprint density at radius 3 is 2.74 bits per heavy atom. The van der Waals surface area contributed by atoms with Crippen LogP contribution in [0.5, 0.6) is 0 Å². The summed E-state index contributed by atoms with van der Waals surface area (Å²) in [4.78, 5) is 16.0. The molecule has 2 aromatic carbocycles. The normalized spacial score (nSPS) is 13.3. The van der Waals surface area contributed by atoms with Crippen LogP contribution in [0, 0.1) is 11.5 Å². The zero-order valence-corrected chi connectivity index (χ0v) is 27.4. The summed E-state index contributed by atoms with van der Waals surface area (Å²) in [6.45, 7) is 4.37. The van der Waals surface area contributed by atoms with Gasteiger partial charge in [-0.05, 0) is 73.7 Å². The summed E-state index contributed by atoms with van der Waals surface area (Å²) in [7, 11) is 0. The fourth-order valence-electron chi connectivity index (χ4n) is 5.58. The highest BCUT2D eigenvalue weighted by atomic mass is 32.1. The van der Waals surface area contributed by atoms with Crippen LogP contribution < -0.4 is 20.9 Å². The Balaban J connectivity index is 1.15. The van der Waals surface area contributed by atoms with Gasteiger partial charge in [0.05, 0.1) is 17.5 Å². The Bertz CT molecular complexity index is 1580. The van der Waals surface area contributed by atoms with Crippen LogP contribution in [-0.4, -0.2) is 40.7 Å². The number of hydrogen-bond acceptors (Lipinski definition) is 8. The van der Waals surface area contributed by atoms with E-state index in [0.29, 0.717) is 12.5 Å². The lowest BCUT2D eigenvalue weighted by Crippen LogP contribution is -2.26. The zero-order valence-electron chi connectivity index (χ0n) is 26.6. The monoisotopic (exact) mass is 636 g/mol. The molecule has 0 bridgehead atoms. The first-order valence-corrected chi connectivity index (χ1v) is 17.2. The predicted molar refractivity (Wildman–Crippen MR) is 188 cm³/mol. The summed E-state index contributed by atoms with van der Waals surface area (Å²) in [6.07, 6.45) is 15.4. The van der Waals surface area contributed by atoms with E-state index in [0.717, 1.165) is 65.7 Å². The number of nitriles is 1. The van der Waals surface area contributed by atoms with E-state index in [1.165, 1.54) is 49.8 Å². The number of aliphatic hydroxyl groups excluding tert-OH is 1. The molecule has 2 aromatic heterocycles. The van der Waals surface area contributed by atoms with Crippen molar-refractivity contribution in [3.63, 3.8) is 0 Å². The molecule has 0 amide bonds. The first-order valence-electron chi connectivity index (χ1n) is 16.4. The third-order valence-electron chi connectivity index (χ3n) is 8.15. The number of nitrogens with zero attached hydrogens (tertiary/aromatic N) is 5. The number of aliphatic imine (C=N–C) groups is 1. The number of benzene rings is 2. The van der Waals surface area contributed by atoms with Gasteiger partial charge in [0.15, 0.2) is 11.3 Å². The van der Waals surface area contributed by atoms with E-state index in [4.69, 9.17) is 4.98 Å². The third-order valence-corrected chi connectivity index (χ3v) is 9.06. The summed E-state index contributed by atoms with van der Waals surface area (Å²) in [5.41, 5.74) is 7.17. The highest BCUT2D eigenvalue weighted by molar-refractivity contribution is 7.13. The average Bonchev–Trinajstić information content (AvgIpc) is 3.73. The maximum Gasteiger partial charge on any atom is 0.214 e. The van der Waals surface area contributed by atoms with Crippen LogP contribution in [-0.2, 0) is 19.3 Å². The molecule has 1 aliphatic rings. The van der Waals surface area contributed by atoms with E-state index >= 15 is 0 Å². The van der Waals surface area contributed by atoms with Crippen molar-refractivity contribution >= 4 is 39.5 Å². The molecule has 1 atom stereocenters. The smallest absolute Gasteiger partial charge is 0.214 e. The zero-order chi connectivity index (χ0) is 32.0. The van der Waals surface area contributed by atoms with Gasteiger partial charge < -0.3 is 20.6 Å². The molecule has 0 radical (unpaired) electrons. The average molecular weight is 637 g/mol. The van der Waals surface area contributed by atoms with Crippen molar-refractivity contribution in [2.45, 2.75) is 70.8 Å². The molecule has 1 aliphatic heterocycles. The van der Waals surface area contributed by atoms with Gasteiger partial charge >= 0.3 is 0 Å². The fraction of sp³-hybridized carbons (Fsp3) is 0.389. The molecule has 0 unspecified atom stereocenters. The minimum Gasteiger partial charge on any atom is -0.387 e. The van der Waals surface area contributed by atoms with Gasteiger partial charge in [0.2, 0.25) is 5.96 Å². The van der Waals surface area contributed by atoms with E-state index in [2.05, 4.69) is 55.3 Å². The van der Waals surface area contributed by atoms with Crippen LogP contribution in [0.3, 0.4) is 0 Å². The van der Waals surface area contributed by atoms with E-state index < -0.39 is 6.10 Å². The molecule has 0 saturated carbocycles. The highest BCUT2D eigenvalue weighted by Gasteiger charge is 2.23. The van der Waals surface area contributed by atoms with E-state index in [1.54, 1.807) is 23.7 Å². The standard InChI is InChI=1S/C36H44N8OS/c1-2-3-4-5-6-7-10-32-25-46-36(43-32)44-21-18-28-13-16-31(22-33(28)44)42-35(40-26-37)41-30-14-11-27(12-15-30)17-20-39-24-34(45)29-9-8-19-38-23-29/h8-9,11-16,19,22-23,25,34,39,45H,2-7,10,17-18,20-21,24H2,1H3,(H2,40,41,42)/t34-/m0/s1. The summed E-state index contributed by atoms with van der Waals surface area (Å²) in [5.74, 6) is 0.362. The van der Waals surface area contributed by atoms with Gasteiger partial charge in [-0.15, -0.1) is 11.3 Å². The van der Waals surface area contributed by atoms with Crippen molar-refractivity contribution in [2.75, 3.05) is 29.9 Å². The second kappa shape index (κ2) is 17.4. The molecular formula is C36H44N8OS. The molecule has 3 heterocycles. The number of thiazole rings is 1. The first kappa shape index (κ1) is 33.1. The second-order valence-corrected chi connectivity index (χ2v) is 12.5. The van der Waals surface area contributed by atoms with Crippen LogP contribution in [0.4, 0.5) is 22.2 Å². The van der Waals surface area contributed by atoms with Crippen LogP contribution >= 0.6 is 11.3 Å². The number of guanidine groups is 1. The molecule has 5 rings (SSSR count). The molecule has 46 heavy (non-hydrogen) atoms. The summed E-state index contributed by atoms with van der Waals surface area (Å²) in [5, 5.41) is 32.2. The van der Waals surface area contributed by atoms with Crippen LogP contribution in [0.25, 0.3) is 0 Å². The van der Waals surface area contributed by atoms with Gasteiger partial charge in [0.25, 0.3) is 0 Å². The van der Waals surface area contributed by atoms with Gasteiger partial charge in [-0.1, -0.05) is 63.3 Å². The van der Waals surface area contributed by atoms with Crippen molar-refractivity contribution in [1.82, 2.24) is 20.6 Å². The largest absolute Gasteiger partial charge is 0.387 e. The van der Waals surface area contributed by atoms with Crippen molar-refractivity contribution < 1.29 is 5.11 Å². The number of aromatic nitrogens is 2. The number of anilines is 3. The second-order valence-electron chi connectivity index (χ2n) is 11.6. The Morgan fingerprint density at radius 1 is 1.09 bits per heavy atom. The van der Waals surface area contributed by atoms with Crippen molar-refractivity contribution in [3.8, 4) is 6.19 Å². The number of fused-ring (bicyclic) bond motifs is 1. The van der Waals surface area contributed by atoms with E-state index in [-0.39, 0.29) is 0 Å². The highest BCUT2D eigenvalue weighted by Crippen LogP contribution is 2.38. The number of nitrogens with one attached hydrogen (secondary N) is 3. The Kier molecular flexibility index (Phi) is 12.5. The SMILES string of the molecule is CCCCCCCCc1csc(N2CCc3ccc(NC(=Nc4ccc(CCNC[C@H](O)c5cccnc5)cc4)NC#N)cc32)n1. The molecule has 240 valence electrons. The van der Waals surface area contributed by atoms with Gasteiger partial charge in [0.1, 0.15) is 0 Å². The van der Waals surface area contributed by atoms with Crippen molar-refractivity contribution in [2.24, 2.45) is 4.99 Å². The van der Waals surface area contributed by atoms with Crippen LogP contribution in [0.15, 0.2) is 77.4 Å². The number of aryl methyl sites for hydroxylation is 1. The molecular weight excluding hydrogens is 593 g/mol. The molecule has 0 spiro atoms. The maximum absolute atomic E-state index is 10.3. The summed E-state index contributed by atoms with van der Waals surface area (Å²) in [6, 6.07) is 17.9. The van der Waals surface area contributed by atoms with Gasteiger partial charge in [-0.3, -0.25) is 10.3 Å². The molecule has 4 N–H and O–H groups in total. The number of hydrogen-bond donors (Lipinski definition) is 4. The summed E-state index contributed by atoms with van der Waals surface area (Å²) < 4.78 is 0. The Hall–Kier alpha value is -4.30. The molecule has 10 heteroatoms. The van der Waals surface area contributed by atoms with Crippen LogP contribution in [0.1, 0.15) is 73.9 Å².